The largest absolute Gasteiger partial charge is 0.394 e. The Hall–Kier alpha value is -2.02. The van der Waals surface area contributed by atoms with Gasteiger partial charge in [0, 0.05) is 16.6 Å². The lowest BCUT2D eigenvalue weighted by atomic mass is 10.1. The first kappa shape index (κ1) is 14.4. The van der Waals surface area contributed by atoms with Gasteiger partial charge < -0.3 is 11.1 Å². The molecule has 7 heteroatoms. The van der Waals surface area contributed by atoms with Crippen LogP contribution >= 0.6 is 11.3 Å². The highest BCUT2D eigenvalue weighted by molar-refractivity contribution is 7.09. The van der Waals surface area contributed by atoms with E-state index in [1.54, 1.807) is 6.92 Å². The number of nitrogens with zero attached hydrogens (tertiary/aromatic N) is 1. The molecular formula is C13H13F2N3OS. The summed E-state index contributed by atoms with van der Waals surface area (Å²) in [5, 5.41) is 5.23. The topological polar surface area (TPSA) is 68.0 Å². The molecule has 0 spiro atoms. The Labute approximate surface area is 118 Å². The van der Waals surface area contributed by atoms with Crippen LogP contribution in [0.25, 0.3) is 0 Å². The van der Waals surface area contributed by atoms with Gasteiger partial charge in [-0.15, -0.1) is 11.3 Å². The van der Waals surface area contributed by atoms with E-state index in [9.17, 15) is 13.6 Å². The molecule has 106 valence electrons. The lowest BCUT2D eigenvalue weighted by Gasteiger charge is -2.12. The van der Waals surface area contributed by atoms with Crippen LogP contribution < -0.4 is 11.1 Å². The van der Waals surface area contributed by atoms with Crippen molar-refractivity contribution >= 4 is 22.9 Å². The van der Waals surface area contributed by atoms with Gasteiger partial charge in [-0.3, -0.25) is 4.79 Å². The quantitative estimate of drug-likeness (QED) is 0.856. The minimum Gasteiger partial charge on any atom is -0.394 e. The van der Waals surface area contributed by atoms with Crippen LogP contribution in [0, 0.1) is 18.6 Å². The number of nitrogens with two attached hydrogens (primary N) is 1. The summed E-state index contributed by atoms with van der Waals surface area (Å²) in [6.07, 6.45) is 0. The van der Waals surface area contributed by atoms with Gasteiger partial charge in [-0.2, -0.15) is 0 Å². The normalized spacial score (nSPS) is 12.2. The Kier molecular flexibility index (Phi) is 3.99. The number of aryl methyl sites for hydroxylation is 1. The lowest BCUT2D eigenvalue weighted by Crippen LogP contribution is -2.27. The van der Waals surface area contributed by atoms with E-state index in [0.29, 0.717) is 0 Å². The Morgan fingerprint density at radius 2 is 2.00 bits per heavy atom. The predicted molar refractivity (Wildman–Crippen MR) is 73.5 cm³/mol. The first-order valence-electron chi connectivity index (χ1n) is 5.86. The fourth-order valence-corrected chi connectivity index (χ4v) is 2.43. The van der Waals surface area contributed by atoms with Crippen LogP contribution in [0.15, 0.2) is 17.5 Å². The van der Waals surface area contributed by atoms with Gasteiger partial charge >= 0.3 is 0 Å². The van der Waals surface area contributed by atoms with Crippen molar-refractivity contribution in [2.24, 2.45) is 0 Å². The second kappa shape index (κ2) is 5.54. The van der Waals surface area contributed by atoms with Crippen LogP contribution in [0.3, 0.4) is 0 Å². The zero-order chi connectivity index (χ0) is 14.9. The molecule has 0 fully saturated rings. The van der Waals surface area contributed by atoms with E-state index >= 15 is 0 Å². The molecule has 2 rings (SSSR count). The first-order valence-corrected chi connectivity index (χ1v) is 6.74. The molecule has 2 aromatic rings. The van der Waals surface area contributed by atoms with E-state index in [1.807, 2.05) is 12.3 Å². The van der Waals surface area contributed by atoms with Crippen LogP contribution in [-0.4, -0.2) is 10.9 Å². The number of carbonyl (C=O) groups is 1. The van der Waals surface area contributed by atoms with Gasteiger partial charge in [0.25, 0.3) is 5.91 Å². The third-order valence-corrected chi connectivity index (χ3v) is 3.84. The molecule has 3 N–H and O–H groups in total. The van der Waals surface area contributed by atoms with Gasteiger partial charge in [-0.25, -0.2) is 13.8 Å². The van der Waals surface area contributed by atoms with Crippen molar-refractivity contribution in [2.45, 2.75) is 19.9 Å². The van der Waals surface area contributed by atoms with Crippen molar-refractivity contribution in [3.8, 4) is 0 Å². The number of halogens is 2. The number of aromatic nitrogens is 1. The zero-order valence-electron chi connectivity index (χ0n) is 10.9. The molecule has 1 unspecified atom stereocenters. The Bertz CT molecular complexity index is 634. The monoisotopic (exact) mass is 297 g/mol. The summed E-state index contributed by atoms with van der Waals surface area (Å²) in [7, 11) is 0. The molecule has 1 amide bonds. The maximum atomic E-state index is 13.3. The summed E-state index contributed by atoms with van der Waals surface area (Å²) in [4.78, 5) is 16.2. The van der Waals surface area contributed by atoms with Gasteiger partial charge in [0.2, 0.25) is 0 Å². The summed E-state index contributed by atoms with van der Waals surface area (Å²) >= 11 is 1.41. The molecule has 0 bridgehead atoms. The third-order valence-electron chi connectivity index (χ3n) is 2.70. The van der Waals surface area contributed by atoms with Crippen LogP contribution in [0.4, 0.5) is 14.5 Å². The minimum atomic E-state index is -0.951. The van der Waals surface area contributed by atoms with Crippen molar-refractivity contribution in [1.29, 1.82) is 0 Å². The number of carbonyl (C=O) groups excluding carboxylic acids is 1. The van der Waals surface area contributed by atoms with E-state index in [4.69, 9.17) is 5.73 Å². The molecule has 1 aromatic heterocycles. The summed E-state index contributed by atoms with van der Waals surface area (Å²) in [6, 6.07) is 1.48. The van der Waals surface area contributed by atoms with Gasteiger partial charge in [0.15, 0.2) is 0 Å². The second-order valence-electron chi connectivity index (χ2n) is 4.38. The maximum absolute atomic E-state index is 13.3. The summed E-state index contributed by atoms with van der Waals surface area (Å²) < 4.78 is 26.6. The number of rotatable bonds is 3. The molecule has 0 saturated carbocycles. The van der Waals surface area contributed by atoms with E-state index in [0.717, 1.165) is 22.8 Å². The van der Waals surface area contributed by atoms with E-state index < -0.39 is 23.2 Å². The smallest absolute Gasteiger partial charge is 0.252 e. The number of amides is 1. The number of nitrogens with one attached hydrogen (secondary N) is 1. The average Bonchev–Trinajstić information content (AvgIpc) is 2.82. The number of hydrogen-bond acceptors (Lipinski definition) is 4. The number of nitrogen functional groups attached to an aromatic ring is 1. The van der Waals surface area contributed by atoms with Crippen molar-refractivity contribution in [2.75, 3.05) is 5.73 Å². The predicted octanol–water partition coefficient (Wildman–Crippen LogP) is 2.80. The first-order chi connectivity index (χ1) is 9.38. The molecule has 20 heavy (non-hydrogen) atoms. The zero-order valence-corrected chi connectivity index (χ0v) is 11.7. The van der Waals surface area contributed by atoms with E-state index in [1.165, 1.54) is 11.3 Å². The van der Waals surface area contributed by atoms with Crippen LogP contribution in [0.1, 0.15) is 34.0 Å². The summed E-state index contributed by atoms with van der Waals surface area (Å²) in [6.45, 7) is 3.60. The maximum Gasteiger partial charge on any atom is 0.252 e. The fourth-order valence-electron chi connectivity index (χ4n) is 1.63. The number of hydrogen-bond donors (Lipinski definition) is 2. The third kappa shape index (κ3) is 2.93. The molecule has 4 nitrogen and oxygen atoms in total. The highest BCUT2D eigenvalue weighted by atomic mass is 32.1. The SMILES string of the molecule is Cc1csc(C(C)NC(=O)c2cc(F)c(N)c(F)c2)n1. The minimum absolute atomic E-state index is 0.116. The van der Waals surface area contributed by atoms with Crippen molar-refractivity contribution in [3.63, 3.8) is 0 Å². The van der Waals surface area contributed by atoms with Gasteiger partial charge in [-0.1, -0.05) is 0 Å². The van der Waals surface area contributed by atoms with Gasteiger partial charge in [0.1, 0.15) is 22.3 Å². The molecule has 0 saturated heterocycles. The number of benzene rings is 1. The van der Waals surface area contributed by atoms with Crippen LogP contribution in [0.2, 0.25) is 0 Å². The Morgan fingerprint density at radius 1 is 1.40 bits per heavy atom. The Balaban J connectivity index is 2.16. The second-order valence-corrected chi connectivity index (χ2v) is 5.27. The highest BCUT2D eigenvalue weighted by Crippen LogP contribution is 2.20. The van der Waals surface area contributed by atoms with Crippen LogP contribution in [-0.2, 0) is 0 Å². The molecule has 1 heterocycles. The molecule has 0 radical (unpaired) electrons. The summed E-state index contributed by atoms with van der Waals surface area (Å²) in [5.74, 6) is -2.48. The molecule has 1 atom stereocenters. The molecule has 0 aliphatic carbocycles. The molecule has 0 aliphatic heterocycles. The molecule has 0 aliphatic rings. The van der Waals surface area contributed by atoms with Crippen molar-refractivity contribution in [3.05, 3.63) is 45.4 Å². The van der Waals surface area contributed by atoms with Gasteiger partial charge in [0.05, 0.1) is 6.04 Å². The van der Waals surface area contributed by atoms with Crippen molar-refractivity contribution in [1.82, 2.24) is 10.3 Å². The Morgan fingerprint density at radius 3 is 2.50 bits per heavy atom. The number of anilines is 1. The lowest BCUT2D eigenvalue weighted by molar-refractivity contribution is 0.0939. The highest BCUT2D eigenvalue weighted by Gasteiger charge is 2.17. The van der Waals surface area contributed by atoms with E-state index in [2.05, 4.69) is 10.3 Å². The number of thiazole rings is 1. The standard InChI is InChI=1S/C13H13F2N3OS/c1-6-5-20-13(17-6)7(2)18-12(19)8-3-9(14)11(16)10(15)4-8/h3-5,7H,16H2,1-2H3,(H,18,19). The summed E-state index contributed by atoms with van der Waals surface area (Å²) in [5.41, 5.74) is 5.30. The van der Waals surface area contributed by atoms with Gasteiger partial charge in [-0.05, 0) is 26.0 Å². The molecular weight excluding hydrogens is 284 g/mol. The fraction of sp³-hybridized carbons (Fsp3) is 0.231. The molecule has 1 aromatic carbocycles. The van der Waals surface area contributed by atoms with Crippen molar-refractivity contribution < 1.29 is 13.6 Å². The van der Waals surface area contributed by atoms with Crippen LogP contribution in [0.5, 0.6) is 0 Å². The van der Waals surface area contributed by atoms with E-state index in [-0.39, 0.29) is 11.6 Å². The average molecular weight is 297 g/mol.